The van der Waals surface area contributed by atoms with Gasteiger partial charge < -0.3 is 29.5 Å². The van der Waals surface area contributed by atoms with Crippen molar-refractivity contribution in [2.24, 2.45) is 23.7 Å². The lowest BCUT2D eigenvalue weighted by atomic mass is 9.49. The Hall–Kier alpha value is -6.25. The van der Waals surface area contributed by atoms with E-state index < -0.39 is 75.9 Å². The number of halogens is 2. The first kappa shape index (κ1) is 38.6. The molecule has 3 fully saturated rings. The fourth-order valence-corrected chi connectivity index (χ4v) is 9.84. The van der Waals surface area contributed by atoms with Gasteiger partial charge in [-0.3, -0.25) is 24.6 Å². The molecule has 4 aromatic carbocycles. The monoisotopic (exact) mass is 827 g/mol. The second-order valence-corrected chi connectivity index (χ2v) is 15.3. The van der Waals surface area contributed by atoms with Crippen LogP contribution in [0.15, 0.2) is 84.4 Å². The Morgan fingerprint density at radius 2 is 1.52 bits per heavy atom. The van der Waals surface area contributed by atoms with Gasteiger partial charge >= 0.3 is 5.97 Å². The van der Waals surface area contributed by atoms with Crippen molar-refractivity contribution in [3.8, 4) is 28.7 Å². The van der Waals surface area contributed by atoms with Gasteiger partial charge in [0, 0.05) is 17.0 Å². The standard InChI is InChI=1S/C42H35Cl2N3O11/c1-56-23-8-4-20(5-9-23)42-28(38(51)47(41(42)55)45-30-13-6-21(43)16-29(30)44)18-27-24(35(42)19-14-32(57-2)36(49)33(15-19)58-3)11-12-26-34(27)39(52)46(37(26)50)22-7-10-25(40(53)54)31(48)17-22/h4-11,13-17,26-28,34-35,45,48-49H,12,18H2,1-3H3,(H,53,54)/t26-,27+,28-,34-,35-,42+/m0/s1. The summed E-state index contributed by atoms with van der Waals surface area (Å²) in [6.45, 7) is 0. The largest absolute Gasteiger partial charge is 0.507 e. The summed E-state index contributed by atoms with van der Waals surface area (Å²) in [4.78, 5) is 72.0. The Labute approximate surface area is 341 Å². The zero-order valence-electron chi connectivity index (χ0n) is 31.1. The number of carboxylic acids is 1. The van der Waals surface area contributed by atoms with Gasteiger partial charge in [0.2, 0.25) is 17.6 Å². The summed E-state index contributed by atoms with van der Waals surface area (Å²) in [5.41, 5.74) is 2.50. The molecular weight excluding hydrogens is 793 g/mol. The van der Waals surface area contributed by atoms with Crippen LogP contribution in [0, 0.1) is 23.7 Å². The summed E-state index contributed by atoms with van der Waals surface area (Å²) in [6, 6.07) is 17.9. The third-order valence-electron chi connectivity index (χ3n) is 11.9. The van der Waals surface area contributed by atoms with E-state index in [0.29, 0.717) is 27.5 Å². The Morgan fingerprint density at radius 1 is 0.828 bits per heavy atom. The minimum Gasteiger partial charge on any atom is -0.507 e. The Kier molecular flexibility index (Phi) is 9.52. The van der Waals surface area contributed by atoms with Crippen molar-refractivity contribution in [3.63, 3.8) is 0 Å². The minimum atomic E-state index is -1.71. The Morgan fingerprint density at radius 3 is 2.12 bits per heavy atom. The van der Waals surface area contributed by atoms with Crippen LogP contribution in [0.4, 0.5) is 11.4 Å². The number of nitrogens with zero attached hydrogens (tertiary/aromatic N) is 2. The number of imide groups is 2. The first-order valence-corrected chi connectivity index (χ1v) is 18.9. The predicted molar refractivity (Wildman–Crippen MR) is 209 cm³/mol. The molecule has 298 valence electrons. The second-order valence-electron chi connectivity index (χ2n) is 14.5. The number of carbonyl (C=O) groups excluding carboxylic acids is 4. The molecule has 0 aromatic heterocycles. The van der Waals surface area contributed by atoms with Crippen molar-refractivity contribution >= 4 is 64.2 Å². The highest BCUT2D eigenvalue weighted by Gasteiger charge is 2.70. The van der Waals surface area contributed by atoms with E-state index in [0.717, 1.165) is 22.0 Å². The number of carbonyl (C=O) groups is 5. The van der Waals surface area contributed by atoms with Crippen molar-refractivity contribution < 1.29 is 53.5 Å². The Bertz CT molecular complexity index is 2450. The molecule has 4 aliphatic rings. The number of carboxylic acid groups (broad SMARTS) is 1. The van der Waals surface area contributed by atoms with Crippen LogP contribution in [-0.2, 0) is 24.6 Å². The van der Waals surface area contributed by atoms with Gasteiger partial charge in [-0.15, -0.1) is 0 Å². The van der Waals surface area contributed by atoms with Crippen molar-refractivity contribution in [2.75, 3.05) is 31.7 Å². The average Bonchev–Trinajstić information content (AvgIpc) is 3.59. The lowest BCUT2D eigenvalue weighted by molar-refractivity contribution is -0.138. The minimum absolute atomic E-state index is 0.0104. The molecule has 2 aliphatic heterocycles. The third-order valence-corrected chi connectivity index (χ3v) is 12.4. The summed E-state index contributed by atoms with van der Waals surface area (Å²) in [7, 11) is 4.22. The molecule has 4 aromatic rings. The topological polar surface area (TPSA) is 192 Å². The molecule has 2 aliphatic carbocycles. The molecule has 4 N–H and O–H groups in total. The fraction of sp³-hybridized carbons (Fsp3) is 0.262. The normalized spacial score (nSPS) is 24.8. The number of aromatic carboxylic acids is 1. The van der Waals surface area contributed by atoms with Gasteiger partial charge in [0.15, 0.2) is 11.5 Å². The van der Waals surface area contributed by atoms with E-state index in [1.165, 1.54) is 39.5 Å². The van der Waals surface area contributed by atoms with Gasteiger partial charge in [0.1, 0.15) is 17.1 Å². The lowest BCUT2D eigenvalue weighted by Gasteiger charge is -2.50. The summed E-state index contributed by atoms with van der Waals surface area (Å²) in [6.07, 6.45) is 1.87. The van der Waals surface area contributed by atoms with Crippen LogP contribution in [0.3, 0.4) is 0 Å². The molecule has 1 saturated carbocycles. The number of methoxy groups -OCH3 is 3. The highest BCUT2D eigenvalue weighted by molar-refractivity contribution is 6.36. The van der Waals surface area contributed by atoms with E-state index in [4.69, 9.17) is 37.4 Å². The number of phenols is 2. The molecule has 6 atom stereocenters. The number of fused-ring (bicyclic) bond motifs is 4. The quantitative estimate of drug-likeness (QED) is 0.109. The third kappa shape index (κ3) is 5.64. The molecule has 8 rings (SSSR count). The van der Waals surface area contributed by atoms with E-state index >= 15 is 9.59 Å². The number of phenolic OH excluding ortho intramolecular Hbond substituents is 1. The average molecular weight is 829 g/mol. The molecular formula is C42H35Cl2N3O11. The van der Waals surface area contributed by atoms with Crippen LogP contribution in [-0.4, -0.2) is 71.3 Å². The number of rotatable bonds is 9. The number of nitrogens with one attached hydrogen (secondary N) is 1. The maximum atomic E-state index is 15.5. The molecule has 14 nitrogen and oxygen atoms in total. The SMILES string of the molecule is COc1ccc([C@@]23C(=O)N(Nc4ccc(Cl)cc4Cl)C(=O)[C@@H]2C[C@@H]2C(=CC[C@@H]4C(=O)N(c5ccc(C(=O)O)c(O)c5)C(=O)[C@@H]42)[C@@H]3c2cc(OC)c(O)c(OC)c2)cc1. The van der Waals surface area contributed by atoms with E-state index in [1.807, 2.05) is 6.08 Å². The predicted octanol–water partition coefficient (Wildman–Crippen LogP) is 6.32. The zero-order chi connectivity index (χ0) is 41.4. The van der Waals surface area contributed by atoms with Crippen molar-refractivity contribution in [1.29, 1.82) is 0 Å². The summed E-state index contributed by atoms with van der Waals surface area (Å²) in [5, 5.41) is 32.4. The van der Waals surface area contributed by atoms with Crippen LogP contribution < -0.4 is 24.5 Å². The molecule has 0 unspecified atom stereocenters. The highest BCUT2D eigenvalue weighted by atomic mass is 35.5. The molecule has 2 heterocycles. The molecule has 0 radical (unpaired) electrons. The van der Waals surface area contributed by atoms with E-state index in [-0.39, 0.29) is 46.5 Å². The van der Waals surface area contributed by atoms with Crippen molar-refractivity contribution in [1.82, 2.24) is 5.01 Å². The van der Waals surface area contributed by atoms with E-state index in [9.17, 15) is 29.7 Å². The number of hydrogen-bond acceptors (Lipinski definition) is 11. The van der Waals surface area contributed by atoms with Crippen LogP contribution in [0.5, 0.6) is 28.7 Å². The summed E-state index contributed by atoms with van der Waals surface area (Å²) < 4.78 is 16.6. The maximum absolute atomic E-state index is 15.5. The first-order valence-electron chi connectivity index (χ1n) is 18.1. The molecule has 4 amide bonds. The Balaban J connectivity index is 1.34. The van der Waals surface area contributed by atoms with Crippen molar-refractivity contribution in [3.05, 3.63) is 111 Å². The van der Waals surface area contributed by atoms with Gasteiger partial charge in [-0.1, -0.05) is 47.0 Å². The maximum Gasteiger partial charge on any atom is 0.339 e. The number of ether oxygens (including phenoxy) is 3. The van der Waals surface area contributed by atoms with Crippen molar-refractivity contribution in [2.45, 2.75) is 24.2 Å². The summed E-state index contributed by atoms with van der Waals surface area (Å²) in [5.74, 6) is -9.05. The molecule has 0 bridgehead atoms. The number of anilines is 2. The van der Waals surface area contributed by atoms with Crippen LogP contribution in [0.1, 0.15) is 40.2 Å². The number of hydrazine groups is 1. The molecule has 0 spiro atoms. The number of aromatic hydroxyl groups is 2. The van der Waals surface area contributed by atoms with Crippen LogP contribution in [0.2, 0.25) is 10.0 Å². The second kappa shape index (κ2) is 14.3. The van der Waals surface area contributed by atoms with Gasteiger partial charge in [0.05, 0.1) is 60.9 Å². The number of allylic oxidation sites excluding steroid dienone is 2. The lowest BCUT2D eigenvalue weighted by Crippen LogP contribution is -2.53. The fourth-order valence-electron chi connectivity index (χ4n) is 9.39. The van der Waals surface area contributed by atoms with E-state index in [1.54, 1.807) is 42.5 Å². The smallest absolute Gasteiger partial charge is 0.339 e. The number of hydrogen-bond donors (Lipinski definition) is 4. The van der Waals surface area contributed by atoms with Crippen LogP contribution >= 0.6 is 23.2 Å². The first-order chi connectivity index (χ1) is 27.8. The number of amides is 4. The summed E-state index contributed by atoms with van der Waals surface area (Å²) >= 11 is 12.7. The van der Waals surface area contributed by atoms with Crippen LogP contribution in [0.25, 0.3) is 0 Å². The molecule has 16 heteroatoms. The van der Waals surface area contributed by atoms with E-state index in [2.05, 4.69) is 5.43 Å². The van der Waals surface area contributed by atoms with Gasteiger partial charge in [-0.25, -0.2) is 9.69 Å². The zero-order valence-corrected chi connectivity index (χ0v) is 32.6. The van der Waals surface area contributed by atoms with Gasteiger partial charge in [-0.2, -0.15) is 5.01 Å². The molecule has 2 saturated heterocycles. The number of benzene rings is 4. The highest BCUT2D eigenvalue weighted by Crippen LogP contribution is 2.65. The molecule has 58 heavy (non-hydrogen) atoms. The van der Waals surface area contributed by atoms with Gasteiger partial charge in [0.25, 0.3) is 11.8 Å². The van der Waals surface area contributed by atoms with Gasteiger partial charge in [-0.05, 0) is 84.5 Å².